The highest BCUT2D eigenvalue weighted by Crippen LogP contribution is 2.25. The minimum Gasteiger partial charge on any atom is -0.490 e. The van der Waals surface area contributed by atoms with Crippen LogP contribution in [0.5, 0.6) is 5.75 Å². The lowest BCUT2D eigenvalue weighted by atomic mass is 10.0. The van der Waals surface area contributed by atoms with E-state index in [0.717, 1.165) is 70.0 Å². The lowest BCUT2D eigenvalue weighted by Gasteiger charge is -2.36. The van der Waals surface area contributed by atoms with Crippen LogP contribution in [0.1, 0.15) is 25.7 Å². The Bertz CT molecular complexity index is 839. The third-order valence-corrected chi connectivity index (χ3v) is 5.52. The van der Waals surface area contributed by atoms with E-state index in [1.165, 1.54) is 11.6 Å². The van der Waals surface area contributed by atoms with Crippen molar-refractivity contribution in [3.8, 4) is 5.75 Å². The molecule has 0 bridgehead atoms. The summed E-state index contributed by atoms with van der Waals surface area (Å²) in [7, 11) is 0. The van der Waals surface area contributed by atoms with Crippen LogP contribution in [0.15, 0.2) is 72.2 Å². The van der Waals surface area contributed by atoms with E-state index in [4.69, 9.17) is 14.2 Å². The van der Waals surface area contributed by atoms with Gasteiger partial charge in [0.05, 0.1) is 6.61 Å². The molecule has 2 heterocycles. The zero-order valence-corrected chi connectivity index (χ0v) is 17.3. The molecule has 30 heavy (non-hydrogen) atoms. The first-order valence-electron chi connectivity index (χ1n) is 10.7. The van der Waals surface area contributed by atoms with Crippen LogP contribution in [-0.4, -0.2) is 49.1 Å². The smallest absolute Gasteiger partial charge is 0.231 e. The molecule has 0 atom stereocenters. The molecule has 1 saturated heterocycles. The number of para-hydroxylation sites is 1. The van der Waals surface area contributed by atoms with Crippen molar-refractivity contribution in [1.29, 1.82) is 0 Å². The van der Waals surface area contributed by atoms with Crippen molar-refractivity contribution in [1.82, 2.24) is 9.80 Å². The topological polar surface area (TPSA) is 34.2 Å². The molecule has 0 saturated carbocycles. The van der Waals surface area contributed by atoms with Crippen LogP contribution in [0.3, 0.4) is 0 Å². The predicted octanol–water partition coefficient (Wildman–Crippen LogP) is 4.57. The number of halogens is 1. The monoisotopic (exact) mass is 412 g/mol. The average molecular weight is 413 g/mol. The fourth-order valence-corrected chi connectivity index (χ4v) is 3.79. The summed E-state index contributed by atoms with van der Waals surface area (Å²) >= 11 is 0. The molecule has 4 rings (SSSR count). The first-order valence-corrected chi connectivity index (χ1v) is 10.7. The quantitative estimate of drug-likeness (QED) is 0.585. The number of ether oxygens (including phenoxy) is 3. The van der Waals surface area contributed by atoms with Crippen LogP contribution in [0.25, 0.3) is 0 Å². The number of allylic oxidation sites excluding steroid dienone is 4. The second-order valence-corrected chi connectivity index (χ2v) is 7.71. The highest BCUT2D eigenvalue weighted by atomic mass is 19.1. The molecule has 5 nitrogen and oxygen atoms in total. The lowest BCUT2D eigenvalue weighted by molar-refractivity contribution is 0.0805. The molecule has 1 aliphatic carbocycles. The van der Waals surface area contributed by atoms with Gasteiger partial charge in [-0.15, -0.1) is 0 Å². The van der Waals surface area contributed by atoms with Crippen LogP contribution in [0, 0.1) is 5.82 Å². The SMILES string of the molecule is Fc1ccccc1OCCCN1CCN(C2=COC(CC3=CC=CCC3)=CO2)CC1. The Morgan fingerprint density at radius 1 is 1.03 bits per heavy atom. The zero-order chi connectivity index (χ0) is 20.6. The minimum atomic E-state index is -0.307. The van der Waals surface area contributed by atoms with Gasteiger partial charge in [-0.05, 0) is 31.4 Å². The highest BCUT2D eigenvalue weighted by molar-refractivity contribution is 5.23. The van der Waals surface area contributed by atoms with Crippen molar-refractivity contribution in [3.05, 3.63) is 78.1 Å². The number of rotatable bonds is 8. The fourth-order valence-electron chi connectivity index (χ4n) is 3.79. The van der Waals surface area contributed by atoms with Gasteiger partial charge in [-0.25, -0.2) is 4.39 Å². The van der Waals surface area contributed by atoms with Gasteiger partial charge in [0.2, 0.25) is 5.88 Å². The molecular formula is C24H29FN2O3. The summed E-state index contributed by atoms with van der Waals surface area (Å²) < 4.78 is 30.7. The number of hydrogen-bond acceptors (Lipinski definition) is 5. The van der Waals surface area contributed by atoms with E-state index in [1.807, 2.05) is 0 Å². The van der Waals surface area contributed by atoms with Crippen molar-refractivity contribution >= 4 is 0 Å². The van der Waals surface area contributed by atoms with E-state index in [-0.39, 0.29) is 5.82 Å². The van der Waals surface area contributed by atoms with E-state index >= 15 is 0 Å². The third kappa shape index (κ3) is 5.66. The van der Waals surface area contributed by atoms with Crippen molar-refractivity contribution in [2.75, 3.05) is 39.3 Å². The summed E-state index contributed by atoms with van der Waals surface area (Å²) in [5.41, 5.74) is 1.37. The Morgan fingerprint density at radius 3 is 2.63 bits per heavy atom. The van der Waals surface area contributed by atoms with Gasteiger partial charge in [-0.3, -0.25) is 4.90 Å². The van der Waals surface area contributed by atoms with Gasteiger partial charge >= 0.3 is 0 Å². The van der Waals surface area contributed by atoms with Crippen LogP contribution in [-0.2, 0) is 9.47 Å². The summed E-state index contributed by atoms with van der Waals surface area (Å²) in [6, 6.07) is 6.53. The molecule has 6 heteroatoms. The number of hydrogen-bond donors (Lipinski definition) is 0. The Labute approximate surface area is 177 Å². The highest BCUT2D eigenvalue weighted by Gasteiger charge is 2.22. The number of benzene rings is 1. The Balaban J connectivity index is 1.13. The van der Waals surface area contributed by atoms with E-state index in [0.29, 0.717) is 12.4 Å². The summed E-state index contributed by atoms with van der Waals surface area (Å²) in [6.07, 6.45) is 13.8. The van der Waals surface area contributed by atoms with Crippen molar-refractivity contribution in [3.63, 3.8) is 0 Å². The maximum absolute atomic E-state index is 13.6. The molecule has 0 spiro atoms. The molecule has 0 unspecified atom stereocenters. The second kappa shape index (κ2) is 10.3. The van der Waals surface area contributed by atoms with Crippen LogP contribution >= 0.6 is 0 Å². The Hall–Kier alpha value is -2.73. The number of nitrogens with zero attached hydrogens (tertiary/aromatic N) is 2. The molecule has 0 aromatic heterocycles. The van der Waals surface area contributed by atoms with E-state index in [2.05, 4.69) is 28.0 Å². The Kier molecular flexibility index (Phi) is 7.08. The maximum atomic E-state index is 13.6. The molecule has 3 aliphatic rings. The predicted molar refractivity (Wildman–Crippen MR) is 114 cm³/mol. The molecule has 1 aromatic rings. The minimum absolute atomic E-state index is 0.307. The molecule has 160 valence electrons. The molecular weight excluding hydrogens is 383 g/mol. The average Bonchev–Trinajstić information content (AvgIpc) is 2.80. The molecule has 0 N–H and O–H groups in total. The summed E-state index contributed by atoms with van der Waals surface area (Å²) in [5.74, 6) is 1.65. The summed E-state index contributed by atoms with van der Waals surface area (Å²) in [5, 5.41) is 0. The van der Waals surface area contributed by atoms with Gasteiger partial charge in [-0.2, -0.15) is 0 Å². The summed E-state index contributed by atoms with van der Waals surface area (Å²) in [6.45, 7) is 5.15. The first kappa shape index (κ1) is 20.5. The maximum Gasteiger partial charge on any atom is 0.231 e. The molecule has 0 amide bonds. The molecule has 0 radical (unpaired) electrons. The normalized spacial score (nSPS) is 19.4. The van der Waals surface area contributed by atoms with Crippen LogP contribution < -0.4 is 4.74 Å². The summed E-state index contributed by atoms with van der Waals surface area (Å²) in [4.78, 5) is 4.61. The van der Waals surface area contributed by atoms with Crippen molar-refractivity contribution in [2.45, 2.75) is 25.7 Å². The van der Waals surface area contributed by atoms with Gasteiger partial charge in [0.15, 0.2) is 17.8 Å². The van der Waals surface area contributed by atoms with E-state index < -0.39 is 0 Å². The fraction of sp³-hybridized carbons (Fsp3) is 0.417. The van der Waals surface area contributed by atoms with Gasteiger partial charge in [0.1, 0.15) is 12.0 Å². The number of piperazine rings is 1. The van der Waals surface area contributed by atoms with Crippen molar-refractivity contribution < 1.29 is 18.6 Å². The standard InChI is InChI=1S/C24H29FN2O3/c25-22-9-4-5-10-23(22)28-16-6-11-26-12-14-27(15-13-26)24-19-29-21(18-30-24)17-20-7-2-1-3-8-20/h1-2,4-5,7,9-10,18-19H,3,6,8,11-17H2. The lowest BCUT2D eigenvalue weighted by Crippen LogP contribution is -2.46. The molecule has 1 fully saturated rings. The van der Waals surface area contributed by atoms with Gasteiger partial charge in [0.25, 0.3) is 0 Å². The second-order valence-electron chi connectivity index (χ2n) is 7.71. The molecule has 1 aromatic carbocycles. The van der Waals surface area contributed by atoms with Crippen molar-refractivity contribution in [2.24, 2.45) is 0 Å². The largest absolute Gasteiger partial charge is 0.490 e. The van der Waals surface area contributed by atoms with Gasteiger partial charge in [0, 0.05) is 39.1 Å². The molecule has 2 aliphatic heterocycles. The van der Waals surface area contributed by atoms with Crippen LogP contribution in [0.2, 0.25) is 0 Å². The van der Waals surface area contributed by atoms with E-state index in [9.17, 15) is 4.39 Å². The first-order chi connectivity index (χ1) is 14.8. The van der Waals surface area contributed by atoms with Gasteiger partial charge in [-0.1, -0.05) is 35.9 Å². The zero-order valence-electron chi connectivity index (χ0n) is 17.3. The third-order valence-electron chi connectivity index (χ3n) is 5.52. The van der Waals surface area contributed by atoms with Crippen LogP contribution in [0.4, 0.5) is 4.39 Å². The van der Waals surface area contributed by atoms with E-state index in [1.54, 1.807) is 30.7 Å². The Morgan fingerprint density at radius 2 is 1.90 bits per heavy atom. The van der Waals surface area contributed by atoms with Gasteiger partial charge < -0.3 is 19.1 Å².